The molecule has 0 atom stereocenters. The van der Waals surface area contributed by atoms with Crippen molar-refractivity contribution in [3.05, 3.63) is 48.1 Å². The van der Waals surface area contributed by atoms with Crippen molar-refractivity contribution in [1.82, 2.24) is 25.1 Å². The summed E-state index contributed by atoms with van der Waals surface area (Å²) >= 11 is 0. The Morgan fingerprint density at radius 3 is 2.54 bits per heavy atom. The zero-order valence-electron chi connectivity index (χ0n) is 14.6. The molecule has 0 aliphatic carbocycles. The van der Waals surface area contributed by atoms with Gasteiger partial charge in [0.2, 0.25) is 5.89 Å². The van der Waals surface area contributed by atoms with E-state index in [0.29, 0.717) is 24.5 Å². The lowest BCUT2D eigenvalue weighted by molar-refractivity contribution is -0.137. The SMILES string of the molecule is CN(C#N)CCc1nnc(-c2nccnc2Nc2ccc(C(F)(F)F)cc2)o1. The fourth-order valence-electron chi connectivity index (χ4n) is 2.23. The fraction of sp³-hybridized carbons (Fsp3) is 0.235. The maximum atomic E-state index is 12.7. The molecule has 3 rings (SSSR count). The van der Waals surface area contributed by atoms with E-state index in [-0.39, 0.29) is 17.4 Å². The van der Waals surface area contributed by atoms with Crippen molar-refractivity contribution >= 4 is 11.5 Å². The third kappa shape index (κ3) is 4.53. The van der Waals surface area contributed by atoms with Crippen molar-refractivity contribution in [3.8, 4) is 17.8 Å². The van der Waals surface area contributed by atoms with E-state index >= 15 is 0 Å². The smallest absolute Gasteiger partial charge is 0.416 e. The van der Waals surface area contributed by atoms with Crippen LogP contribution in [0.5, 0.6) is 0 Å². The van der Waals surface area contributed by atoms with Crippen LogP contribution >= 0.6 is 0 Å². The van der Waals surface area contributed by atoms with Gasteiger partial charge in [-0.05, 0) is 24.3 Å². The summed E-state index contributed by atoms with van der Waals surface area (Å²) in [5.74, 6) is 0.687. The van der Waals surface area contributed by atoms with Gasteiger partial charge in [-0.15, -0.1) is 10.2 Å². The lowest BCUT2D eigenvalue weighted by Gasteiger charge is -2.10. The van der Waals surface area contributed by atoms with Gasteiger partial charge in [0, 0.05) is 38.1 Å². The van der Waals surface area contributed by atoms with E-state index in [1.807, 2.05) is 6.19 Å². The summed E-state index contributed by atoms with van der Waals surface area (Å²) in [4.78, 5) is 9.73. The Morgan fingerprint density at radius 1 is 1.14 bits per heavy atom. The highest BCUT2D eigenvalue weighted by Crippen LogP contribution is 2.31. The first-order chi connectivity index (χ1) is 13.4. The monoisotopic (exact) mass is 389 g/mol. The van der Waals surface area contributed by atoms with E-state index in [1.54, 1.807) is 7.05 Å². The van der Waals surface area contributed by atoms with Crippen molar-refractivity contribution < 1.29 is 17.6 Å². The second kappa shape index (κ2) is 7.91. The second-order valence-electron chi connectivity index (χ2n) is 5.73. The van der Waals surface area contributed by atoms with Gasteiger partial charge in [0.1, 0.15) is 0 Å². The summed E-state index contributed by atoms with van der Waals surface area (Å²) in [5, 5.41) is 19.5. The number of rotatable bonds is 6. The van der Waals surface area contributed by atoms with Crippen LogP contribution in [0.3, 0.4) is 0 Å². The summed E-state index contributed by atoms with van der Waals surface area (Å²) in [5.41, 5.74) is -0.0961. The number of halogens is 3. The van der Waals surface area contributed by atoms with Gasteiger partial charge in [-0.3, -0.25) is 0 Å². The van der Waals surface area contributed by atoms with Crippen molar-refractivity contribution in [3.63, 3.8) is 0 Å². The quantitative estimate of drug-likeness (QED) is 0.506. The molecule has 0 fully saturated rings. The van der Waals surface area contributed by atoms with E-state index in [9.17, 15) is 13.2 Å². The highest BCUT2D eigenvalue weighted by atomic mass is 19.4. The molecule has 1 N–H and O–H groups in total. The van der Waals surface area contributed by atoms with Crippen LogP contribution in [0, 0.1) is 11.5 Å². The number of likely N-dealkylation sites (N-methyl/N-ethyl adjacent to an activating group) is 1. The maximum Gasteiger partial charge on any atom is 0.416 e. The van der Waals surface area contributed by atoms with Crippen LogP contribution in [0.1, 0.15) is 11.5 Å². The molecule has 2 heterocycles. The number of nitrogens with zero attached hydrogens (tertiary/aromatic N) is 6. The molecule has 11 heteroatoms. The molecule has 0 saturated heterocycles. The number of hydrogen-bond acceptors (Lipinski definition) is 8. The first kappa shape index (κ1) is 19.1. The molecule has 0 aliphatic rings. The fourth-order valence-corrected chi connectivity index (χ4v) is 2.23. The highest BCUT2D eigenvalue weighted by molar-refractivity contribution is 5.70. The average Bonchev–Trinajstić information content (AvgIpc) is 3.15. The molecular formula is C17H14F3N7O. The molecule has 0 saturated carbocycles. The van der Waals surface area contributed by atoms with Crippen molar-refractivity contribution in [2.24, 2.45) is 0 Å². The number of anilines is 2. The summed E-state index contributed by atoms with van der Waals surface area (Å²) < 4.78 is 43.6. The molecule has 8 nitrogen and oxygen atoms in total. The predicted molar refractivity (Wildman–Crippen MR) is 92.0 cm³/mol. The topological polar surface area (TPSA) is 104 Å². The van der Waals surface area contributed by atoms with Crippen LogP contribution in [0.4, 0.5) is 24.7 Å². The summed E-state index contributed by atoms with van der Waals surface area (Å²) in [7, 11) is 1.63. The zero-order valence-corrected chi connectivity index (χ0v) is 14.6. The average molecular weight is 389 g/mol. The normalized spacial score (nSPS) is 11.1. The number of aromatic nitrogens is 4. The van der Waals surface area contributed by atoms with E-state index in [1.165, 1.54) is 29.4 Å². The van der Waals surface area contributed by atoms with E-state index in [0.717, 1.165) is 12.1 Å². The number of alkyl halides is 3. The molecular weight excluding hydrogens is 375 g/mol. The molecule has 0 amide bonds. The van der Waals surface area contributed by atoms with Gasteiger partial charge >= 0.3 is 6.18 Å². The summed E-state index contributed by atoms with van der Waals surface area (Å²) in [6.45, 7) is 0.412. The molecule has 0 aliphatic heterocycles. The Bertz CT molecular complexity index is 979. The Hall–Kier alpha value is -3.68. The van der Waals surface area contributed by atoms with E-state index in [4.69, 9.17) is 9.68 Å². The van der Waals surface area contributed by atoms with Crippen molar-refractivity contribution in [2.45, 2.75) is 12.6 Å². The Balaban J connectivity index is 1.79. The van der Waals surface area contributed by atoms with Crippen LogP contribution < -0.4 is 5.32 Å². The highest BCUT2D eigenvalue weighted by Gasteiger charge is 2.30. The van der Waals surface area contributed by atoms with E-state index < -0.39 is 11.7 Å². The van der Waals surface area contributed by atoms with Crippen LogP contribution in [-0.4, -0.2) is 38.7 Å². The largest absolute Gasteiger partial charge is 0.419 e. The minimum absolute atomic E-state index is 0.108. The van der Waals surface area contributed by atoms with Gasteiger partial charge in [0.05, 0.1) is 5.56 Å². The molecule has 1 aromatic carbocycles. The number of hydrogen-bond donors (Lipinski definition) is 1. The van der Waals surface area contributed by atoms with Gasteiger partial charge in [-0.2, -0.15) is 18.4 Å². The standard InChI is InChI=1S/C17H14F3N7O/c1-27(10-21)9-6-13-25-26-16(28-13)14-15(23-8-7-22-14)24-12-4-2-11(3-5-12)17(18,19)20/h2-5,7-8H,6,9H2,1H3,(H,23,24). The minimum atomic E-state index is -4.41. The maximum absolute atomic E-state index is 12.7. The van der Waals surface area contributed by atoms with Gasteiger partial charge in [0.15, 0.2) is 17.7 Å². The molecule has 28 heavy (non-hydrogen) atoms. The number of nitrogens with one attached hydrogen (secondary N) is 1. The first-order valence-corrected chi connectivity index (χ1v) is 8.05. The van der Waals surface area contributed by atoms with Crippen molar-refractivity contribution in [2.75, 3.05) is 18.9 Å². The summed E-state index contributed by atoms with van der Waals surface area (Å²) in [6, 6.07) is 4.51. The number of benzene rings is 1. The zero-order chi connectivity index (χ0) is 20.1. The third-order valence-corrected chi connectivity index (χ3v) is 3.67. The van der Waals surface area contributed by atoms with Crippen LogP contribution in [-0.2, 0) is 12.6 Å². The Labute approximate surface area is 157 Å². The third-order valence-electron chi connectivity index (χ3n) is 3.67. The van der Waals surface area contributed by atoms with Crippen LogP contribution in [0.2, 0.25) is 0 Å². The number of nitriles is 1. The first-order valence-electron chi connectivity index (χ1n) is 8.05. The molecule has 2 aromatic heterocycles. The molecule has 144 valence electrons. The molecule has 3 aromatic rings. The van der Waals surface area contributed by atoms with Crippen LogP contribution in [0.15, 0.2) is 41.1 Å². The molecule has 0 unspecified atom stereocenters. The molecule has 0 bridgehead atoms. The van der Waals surface area contributed by atoms with Crippen LogP contribution in [0.25, 0.3) is 11.6 Å². The Kier molecular flexibility index (Phi) is 5.39. The minimum Gasteiger partial charge on any atom is -0.419 e. The van der Waals surface area contributed by atoms with Gasteiger partial charge < -0.3 is 14.6 Å². The van der Waals surface area contributed by atoms with Gasteiger partial charge in [-0.1, -0.05) is 0 Å². The lowest BCUT2D eigenvalue weighted by atomic mass is 10.2. The summed E-state index contributed by atoms with van der Waals surface area (Å²) in [6.07, 6.45) is 0.788. The van der Waals surface area contributed by atoms with Gasteiger partial charge in [-0.25, -0.2) is 9.97 Å². The van der Waals surface area contributed by atoms with Gasteiger partial charge in [0.25, 0.3) is 5.89 Å². The predicted octanol–water partition coefficient (Wildman–Crippen LogP) is 3.24. The van der Waals surface area contributed by atoms with Crippen molar-refractivity contribution in [1.29, 1.82) is 5.26 Å². The second-order valence-corrected chi connectivity index (χ2v) is 5.73. The molecule has 0 spiro atoms. The molecule has 0 radical (unpaired) electrons. The lowest BCUT2D eigenvalue weighted by Crippen LogP contribution is -2.14. The Morgan fingerprint density at radius 2 is 1.86 bits per heavy atom. The van der Waals surface area contributed by atoms with E-state index in [2.05, 4.69) is 25.5 Å².